The average Bonchev–Trinajstić information content (AvgIpc) is 2.91. The minimum absolute atomic E-state index is 0.0884. The van der Waals surface area contributed by atoms with Crippen molar-refractivity contribution in [1.29, 1.82) is 0 Å². The van der Waals surface area contributed by atoms with Gasteiger partial charge < -0.3 is 24.9 Å². The molecule has 2 heterocycles. The highest BCUT2D eigenvalue weighted by Crippen LogP contribution is 2.18. The van der Waals surface area contributed by atoms with Crippen molar-refractivity contribution < 1.29 is 33.9 Å². The maximum absolute atomic E-state index is 13.3. The number of carbonyl (C=O) groups is 4. The fraction of sp³-hybridized carbons (Fsp3) is 0.481. The zero-order valence-electron chi connectivity index (χ0n) is 22.5. The molecule has 1 atom stereocenters. The monoisotopic (exact) mass is 541 g/mol. The molecule has 0 unspecified atom stereocenters. The molecule has 1 aromatic heterocycles. The molecule has 0 bridgehead atoms. The number of aromatic nitrogens is 2. The normalized spacial score (nSPS) is 14.5. The van der Waals surface area contributed by atoms with Gasteiger partial charge in [0.05, 0.1) is 19.7 Å². The molecule has 3 rings (SSSR count). The summed E-state index contributed by atoms with van der Waals surface area (Å²) in [6, 6.07) is 9.80. The third-order valence-corrected chi connectivity index (χ3v) is 5.93. The number of hydroxylamine groups is 2. The van der Waals surface area contributed by atoms with E-state index in [1.54, 1.807) is 13.0 Å². The predicted molar refractivity (Wildman–Crippen MR) is 140 cm³/mol. The number of hydrogen-bond donors (Lipinski definition) is 2. The van der Waals surface area contributed by atoms with Gasteiger partial charge in [0.25, 0.3) is 5.91 Å². The number of nitrogens with one attached hydrogen (secondary N) is 1. The largest absolute Gasteiger partial charge is 0.527 e. The Kier molecular flexibility index (Phi) is 10.7. The Morgan fingerprint density at radius 2 is 1.74 bits per heavy atom. The van der Waals surface area contributed by atoms with Gasteiger partial charge >= 0.3 is 12.1 Å². The molecular weight excluding hydrogens is 506 g/mol. The smallest absolute Gasteiger partial charge is 0.481 e. The van der Waals surface area contributed by atoms with E-state index in [1.165, 1.54) is 9.96 Å². The van der Waals surface area contributed by atoms with Gasteiger partial charge in [-0.2, -0.15) is 0 Å². The summed E-state index contributed by atoms with van der Waals surface area (Å²) in [4.78, 5) is 65.2. The molecule has 0 aliphatic carbocycles. The molecule has 12 nitrogen and oxygen atoms in total. The summed E-state index contributed by atoms with van der Waals surface area (Å²) in [7, 11) is 0. The minimum Gasteiger partial charge on any atom is -0.481 e. The summed E-state index contributed by atoms with van der Waals surface area (Å²) in [5, 5.41) is 13.3. The van der Waals surface area contributed by atoms with E-state index in [4.69, 9.17) is 9.57 Å². The van der Waals surface area contributed by atoms with Crippen molar-refractivity contribution >= 4 is 23.9 Å². The first-order valence-corrected chi connectivity index (χ1v) is 13.0. The highest BCUT2D eigenvalue weighted by atomic mass is 16.8. The number of benzene rings is 1. The lowest BCUT2D eigenvalue weighted by Gasteiger charge is -2.35. The lowest BCUT2D eigenvalue weighted by atomic mass is 10.1. The van der Waals surface area contributed by atoms with Crippen LogP contribution in [0.3, 0.4) is 0 Å². The zero-order chi connectivity index (χ0) is 28.4. The molecule has 1 aliphatic heterocycles. The van der Waals surface area contributed by atoms with Crippen molar-refractivity contribution in [3.63, 3.8) is 0 Å². The third kappa shape index (κ3) is 9.02. The van der Waals surface area contributed by atoms with Gasteiger partial charge in [0, 0.05) is 30.8 Å². The Hall–Kier alpha value is -4.06. The number of amides is 2. The van der Waals surface area contributed by atoms with Crippen molar-refractivity contribution in [2.45, 2.75) is 46.1 Å². The molecule has 2 amide bonds. The van der Waals surface area contributed by atoms with Crippen LogP contribution < -0.4 is 5.32 Å². The summed E-state index contributed by atoms with van der Waals surface area (Å²) in [6.07, 6.45) is -0.586. The number of carboxylic acids is 1. The van der Waals surface area contributed by atoms with Gasteiger partial charge in [-0.05, 0) is 31.7 Å². The number of nitrogens with zero attached hydrogens (tertiary/aromatic N) is 4. The molecular formula is C27H35N5O7. The number of aliphatic carboxylic acids is 1. The van der Waals surface area contributed by atoms with Gasteiger partial charge in [0.15, 0.2) is 5.82 Å². The second-order valence-electron chi connectivity index (χ2n) is 9.52. The van der Waals surface area contributed by atoms with Crippen LogP contribution in [-0.2, 0) is 25.6 Å². The van der Waals surface area contributed by atoms with E-state index in [0.717, 1.165) is 5.56 Å². The fourth-order valence-corrected chi connectivity index (χ4v) is 4.08. The second kappa shape index (κ2) is 14.2. The van der Waals surface area contributed by atoms with E-state index in [2.05, 4.69) is 15.3 Å². The lowest BCUT2D eigenvalue weighted by Crippen LogP contribution is -2.55. The van der Waals surface area contributed by atoms with Crippen molar-refractivity contribution in [3.8, 4) is 11.4 Å². The van der Waals surface area contributed by atoms with Crippen LogP contribution in [0.5, 0.6) is 0 Å². The first-order chi connectivity index (χ1) is 18.7. The van der Waals surface area contributed by atoms with E-state index >= 15 is 0 Å². The molecule has 1 aliphatic rings. The topological polar surface area (TPSA) is 151 Å². The van der Waals surface area contributed by atoms with Crippen LogP contribution in [0.25, 0.3) is 11.4 Å². The highest BCUT2D eigenvalue weighted by molar-refractivity contribution is 5.96. The Balaban J connectivity index is 1.76. The number of piperazine rings is 1. The zero-order valence-corrected chi connectivity index (χ0v) is 22.5. The SMILES string of the molecule is CCOC(=O)ON1CCN(C(=O)[C@H](CCC(=O)O)NC(=O)c2cc(CC(C)C)nc(-c3ccccc3)n2)CC1. The summed E-state index contributed by atoms with van der Waals surface area (Å²) in [5.41, 5.74) is 1.54. The maximum atomic E-state index is 13.3. The van der Waals surface area contributed by atoms with Gasteiger partial charge in [-0.3, -0.25) is 14.4 Å². The van der Waals surface area contributed by atoms with Crippen molar-refractivity contribution in [3.05, 3.63) is 47.8 Å². The first-order valence-electron chi connectivity index (χ1n) is 13.0. The van der Waals surface area contributed by atoms with Crippen LogP contribution in [0.15, 0.2) is 36.4 Å². The van der Waals surface area contributed by atoms with E-state index in [-0.39, 0.29) is 57.2 Å². The molecule has 2 N–H and O–H groups in total. The van der Waals surface area contributed by atoms with Crippen molar-refractivity contribution in [1.82, 2.24) is 25.2 Å². The molecule has 1 saturated heterocycles. The number of carbonyl (C=O) groups excluding carboxylic acids is 3. The quantitative estimate of drug-likeness (QED) is 0.406. The number of ether oxygens (including phenoxy) is 1. The number of rotatable bonds is 11. The van der Waals surface area contributed by atoms with Crippen molar-refractivity contribution in [2.24, 2.45) is 5.92 Å². The van der Waals surface area contributed by atoms with Gasteiger partial charge in [-0.15, -0.1) is 5.06 Å². The van der Waals surface area contributed by atoms with E-state index in [1.807, 2.05) is 44.2 Å². The maximum Gasteiger partial charge on any atom is 0.527 e. The van der Waals surface area contributed by atoms with E-state index < -0.39 is 30.0 Å². The summed E-state index contributed by atoms with van der Waals surface area (Å²) < 4.78 is 4.77. The van der Waals surface area contributed by atoms with E-state index in [0.29, 0.717) is 17.9 Å². The van der Waals surface area contributed by atoms with Crippen LogP contribution >= 0.6 is 0 Å². The average molecular weight is 542 g/mol. The summed E-state index contributed by atoms with van der Waals surface area (Å²) in [5.74, 6) is -1.41. The van der Waals surface area contributed by atoms with Crippen LogP contribution in [0.4, 0.5) is 4.79 Å². The second-order valence-corrected chi connectivity index (χ2v) is 9.52. The molecule has 0 saturated carbocycles. The molecule has 210 valence electrons. The van der Waals surface area contributed by atoms with Crippen LogP contribution in [0.1, 0.15) is 49.8 Å². The first kappa shape index (κ1) is 29.5. The molecule has 1 fully saturated rings. The Morgan fingerprint density at radius 3 is 2.36 bits per heavy atom. The molecule has 1 aromatic carbocycles. The molecule has 0 spiro atoms. The Morgan fingerprint density at radius 1 is 1.05 bits per heavy atom. The lowest BCUT2D eigenvalue weighted by molar-refractivity contribution is -0.157. The Labute approximate surface area is 227 Å². The van der Waals surface area contributed by atoms with Gasteiger partial charge in [-0.1, -0.05) is 44.2 Å². The molecule has 2 aromatic rings. The van der Waals surface area contributed by atoms with Crippen molar-refractivity contribution in [2.75, 3.05) is 32.8 Å². The highest BCUT2D eigenvalue weighted by Gasteiger charge is 2.31. The van der Waals surface area contributed by atoms with Gasteiger partial charge in [-0.25, -0.2) is 14.8 Å². The number of carboxylic acid groups (broad SMARTS) is 1. The summed E-state index contributed by atoms with van der Waals surface area (Å²) in [6.45, 7) is 6.87. The fourth-order valence-electron chi connectivity index (χ4n) is 4.08. The van der Waals surface area contributed by atoms with E-state index in [9.17, 15) is 24.3 Å². The predicted octanol–water partition coefficient (Wildman–Crippen LogP) is 2.54. The summed E-state index contributed by atoms with van der Waals surface area (Å²) >= 11 is 0. The third-order valence-electron chi connectivity index (χ3n) is 5.93. The van der Waals surface area contributed by atoms with Crippen LogP contribution in [0.2, 0.25) is 0 Å². The van der Waals surface area contributed by atoms with Crippen LogP contribution in [-0.4, -0.2) is 87.8 Å². The molecule has 39 heavy (non-hydrogen) atoms. The van der Waals surface area contributed by atoms with Crippen LogP contribution in [0, 0.1) is 5.92 Å². The molecule has 0 radical (unpaired) electrons. The number of hydrogen-bond acceptors (Lipinski definition) is 9. The van der Waals surface area contributed by atoms with Gasteiger partial charge in [0.1, 0.15) is 11.7 Å². The standard InChI is InChI=1S/C27H35N5O7/c1-4-38-27(37)39-32-14-12-31(13-15-32)26(36)21(10-11-23(33)34)30-25(35)22-17-20(16-18(2)3)28-24(29-22)19-8-6-5-7-9-19/h5-9,17-18,21H,4,10-16H2,1-3H3,(H,30,35)(H,33,34)/t21-/m0/s1. The molecule has 12 heteroatoms. The minimum atomic E-state index is -1.08. The Bertz CT molecular complexity index is 1150. The van der Waals surface area contributed by atoms with Gasteiger partial charge in [0.2, 0.25) is 5.91 Å².